The summed E-state index contributed by atoms with van der Waals surface area (Å²) < 4.78 is 2.43. The van der Waals surface area contributed by atoms with Crippen LogP contribution in [0.4, 0.5) is 17.1 Å². The van der Waals surface area contributed by atoms with Crippen LogP contribution in [-0.4, -0.2) is 4.57 Å². The summed E-state index contributed by atoms with van der Waals surface area (Å²) in [5, 5.41) is 1.34. The highest BCUT2D eigenvalue weighted by atomic mass is 15.1. The number of rotatable bonds is 7. The second kappa shape index (κ2) is 13.8. The molecule has 0 bridgehead atoms. The SMILES string of the molecule is CC1C=Cc2c(c3cc(-c4ccc(N(c5ccccc5)c5ccc6c(c5)C(c5ccccc5)(c5ccccc5)c5ccccc5-6)cc4)ccc3n2-c2ccccc2)C1. The molecule has 0 amide bonds. The first-order valence-corrected chi connectivity index (χ1v) is 20.4. The summed E-state index contributed by atoms with van der Waals surface area (Å²) in [4.78, 5) is 2.40. The van der Waals surface area contributed by atoms with Gasteiger partial charge >= 0.3 is 0 Å². The Bertz CT molecular complexity index is 2920. The van der Waals surface area contributed by atoms with Crippen LogP contribution in [0.2, 0.25) is 0 Å². The van der Waals surface area contributed by atoms with E-state index in [1.807, 2.05) is 0 Å². The minimum atomic E-state index is -0.471. The number of fused-ring (bicyclic) bond motifs is 6. The molecule has 0 fully saturated rings. The lowest BCUT2D eigenvalue weighted by Crippen LogP contribution is -2.28. The van der Waals surface area contributed by atoms with Crippen molar-refractivity contribution in [3.63, 3.8) is 0 Å². The zero-order valence-corrected chi connectivity index (χ0v) is 32.5. The molecule has 2 aliphatic carbocycles. The largest absolute Gasteiger partial charge is 0.310 e. The molecule has 11 rings (SSSR count). The minimum absolute atomic E-state index is 0.471. The number of benzene rings is 8. The summed E-state index contributed by atoms with van der Waals surface area (Å²) in [5.74, 6) is 0.508. The maximum Gasteiger partial charge on any atom is 0.0714 e. The third-order valence-corrected chi connectivity index (χ3v) is 12.4. The highest BCUT2D eigenvalue weighted by Crippen LogP contribution is 2.57. The minimum Gasteiger partial charge on any atom is -0.310 e. The molecule has 58 heavy (non-hydrogen) atoms. The van der Waals surface area contributed by atoms with Gasteiger partial charge in [0.1, 0.15) is 0 Å². The van der Waals surface area contributed by atoms with E-state index in [2.05, 4.69) is 235 Å². The quantitative estimate of drug-likeness (QED) is 0.158. The van der Waals surface area contributed by atoms with E-state index in [0.29, 0.717) is 5.92 Å². The molecule has 0 saturated heterocycles. The Hall–Kier alpha value is -7.16. The molecule has 0 spiro atoms. The number of hydrogen-bond acceptors (Lipinski definition) is 1. The van der Waals surface area contributed by atoms with E-state index in [1.54, 1.807) is 0 Å². The molecule has 276 valence electrons. The second-order valence-electron chi connectivity index (χ2n) is 15.8. The molecule has 1 atom stereocenters. The summed E-state index contributed by atoms with van der Waals surface area (Å²) in [6.07, 6.45) is 5.71. The third kappa shape index (κ3) is 5.33. The molecule has 1 aromatic heterocycles. The average molecular weight is 743 g/mol. The van der Waals surface area contributed by atoms with Gasteiger partial charge in [-0.05, 0) is 129 Å². The molecule has 1 heterocycles. The maximum absolute atomic E-state index is 2.44. The average Bonchev–Trinajstić information content (AvgIpc) is 3.77. The van der Waals surface area contributed by atoms with Gasteiger partial charge in [0.25, 0.3) is 0 Å². The van der Waals surface area contributed by atoms with Gasteiger partial charge in [0.05, 0.1) is 10.9 Å². The fourth-order valence-electron chi connectivity index (χ4n) is 9.84. The molecule has 1 unspecified atom stereocenters. The molecule has 2 nitrogen and oxygen atoms in total. The zero-order chi connectivity index (χ0) is 38.6. The number of nitrogens with zero attached hydrogens (tertiary/aromatic N) is 2. The fraction of sp³-hybridized carbons (Fsp3) is 0.0714. The Kier molecular flexibility index (Phi) is 8.11. The van der Waals surface area contributed by atoms with Gasteiger partial charge in [0.15, 0.2) is 0 Å². The molecular weight excluding hydrogens is 701 g/mol. The highest BCUT2D eigenvalue weighted by Gasteiger charge is 2.46. The number of allylic oxidation sites excluding steroid dienone is 1. The van der Waals surface area contributed by atoms with Gasteiger partial charge in [-0.1, -0.05) is 159 Å². The third-order valence-electron chi connectivity index (χ3n) is 12.4. The molecule has 8 aromatic carbocycles. The normalized spacial score (nSPS) is 14.8. The molecule has 0 aliphatic heterocycles. The van der Waals surface area contributed by atoms with Crippen LogP contribution in [0.3, 0.4) is 0 Å². The number of para-hydroxylation sites is 2. The lowest BCUT2D eigenvalue weighted by atomic mass is 9.67. The number of aromatic nitrogens is 1. The Morgan fingerprint density at radius 1 is 0.500 bits per heavy atom. The van der Waals surface area contributed by atoms with Crippen molar-refractivity contribution in [2.24, 2.45) is 5.92 Å². The van der Waals surface area contributed by atoms with Gasteiger partial charge in [-0.3, -0.25) is 0 Å². The van der Waals surface area contributed by atoms with Crippen molar-refractivity contribution in [2.75, 3.05) is 4.90 Å². The van der Waals surface area contributed by atoms with E-state index in [0.717, 1.165) is 23.5 Å². The van der Waals surface area contributed by atoms with E-state index >= 15 is 0 Å². The maximum atomic E-state index is 2.44. The molecule has 2 aliphatic rings. The fourth-order valence-corrected chi connectivity index (χ4v) is 9.84. The van der Waals surface area contributed by atoms with Gasteiger partial charge in [-0.15, -0.1) is 0 Å². The molecule has 2 heteroatoms. The summed E-state index contributed by atoms with van der Waals surface area (Å²) in [6, 6.07) is 75.8. The second-order valence-corrected chi connectivity index (χ2v) is 15.8. The Morgan fingerprint density at radius 3 is 1.78 bits per heavy atom. The molecular formula is C56H42N2. The molecule has 0 saturated carbocycles. The standard InChI is InChI=1S/C56H42N2/c1-39-26-34-54-50(36-39)51-37-41(29-35-55(51)58(54)45-22-12-5-13-23-45)40-27-30-46(31-28-40)57(44-20-10-4-11-21-44)47-32-33-49-48-24-14-15-25-52(48)56(53(49)38-47,42-16-6-2-7-17-42)43-18-8-3-9-19-43/h2-35,37-39H,36H2,1H3. The lowest BCUT2D eigenvalue weighted by molar-refractivity contribution is 0.718. The van der Waals surface area contributed by atoms with E-state index in [9.17, 15) is 0 Å². The van der Waals surface area contributed by atoms with Crippen LogP contribution in [0.15, 0.2) is 212 Å². The number of anilines is 3. The van der Waals surface area contributed by atoms with Crippen LogP contribution in [0, 0.1) is 5.92 Å². The van der Waals surface area contributed by atoms with Crippen LogP contribution in [-0.2, 0) is 11.8 Å². The van der Waals surface area contributed by atoms with Crippen molar-refractivity contribution < 1.29 is 0 Å². The van der Waals surface area contributed by atoms with Crippen molar-refractivity contribution >= 4 is 34.0 Å². The van der Waals surface area contributed by atoms with Gasteiger partial charge in [0.2, 0.25) is 0 Å². The zero-order valence-electron chi connectivity index (χ0n) is 32.5. The van der Waals surface area contributed by atoms with Crippen molar-refractivity contribution in [3.8, 4) is 27.9 Å². The Balaban J connectivity index is 1.04. The first kappa shape index (κ1) is 34.1. The van der Waals surface area contributed by atoms with Gasteiger partial charge in [0, 0.05) is 33.8 Å². The Labute approximate surface area is 340 Å². The van der Waals surface area contributed by atoms with Gasteiger partial charge < -0.3 is 9.47 Å². The van der Waals surface area contributed by atoms with Crippen LogP contribution >= 0.6 is 0 Å². The topological polar surface area (TPSA) is 8.17 Å². The first-order chi connectivity index (χ1) is 28.7. The van der Waals surface area contributed by atoms with Crippen molar-refractivity contribution in [3.05, 3.63) is 246 Å². The predicted octanol–water partition coefficient (Wildman–Crippen LogP) is 14.3. The molecule has 9 aromatic rings. The smallest absolute Gasteiger partial charge is 0.0714 e. The first-order valence-electron chi connectivity index (χ1n) is 20.4. The monoisotopic (exact) mass is 742 g/mol. The van der Waals surface area contributed by atoms with Crippen molar-refractivity contribution in [1.29, 1.82) is 0 Å². The summed E-state index contributed by atoms with van der Waals surface area (Å²) in [5.41, 5.74) is 18.2. The van der Waals surface area contributed by atoms with E-state index in [-0.39, 0.29) is 0 Å². The predicted molar refractivity (Wildman–Crippen MR) is 243 cm³/mol. The van der Waals surface area contributed by atoms with Crippen molar-refractivity contribution in [2.45, 2.75) is 18.8 Å². The van der Waals surface area contributed by atoms with Crippen LogP contribution < -0.4 is 4.90 Å². The van der Waals surface area contributed by atoms with E-state index in [1.165, 1.54) is 72.4 Å². The van der Waals surface area contributed by atoms with Gasteiger partial charge in [-0.2, -0.15) is 0 Å². The Morgan fingerprint density at radius 2 is 1.07 bits per heavy atom. The lowest BCUT2D eigenvalue weighted by Gasteiger charge is -2.35. The van der Waals surface area contributed by atoms with E-state index < -0.39 is 5.41 Å². The highest BCUT2D eigenvalue weighted by molar-refractivity contribution is 5.94. The van der Waals surface area contributed by atoms with Crippen LogP contribution in [0.1, 0.15) is 40.4 Å². The van der Waals surface area contributed by atoms with Crippen LogP contribution in [0.25, 0.3) is 44.9 Å². The summed E-state index contributed by atoms with van der Waals surface area (Å²) in [7, 11) is 0. The van der Waals surface area contributed by atoms with E-state index in [4.69, 9.17) is 0 Å². The van der Waals surface area contributed by atoms with Crippen molar-refractivity contribution in [1.82, 2.24) is 4.57 Å². The summed E-state index contributed by atoms with van der Waals surface area (Å²) >= 11 is 0. The molecule has 0 radical (unpaired) electrons. The molecule has 0 N–H and O–H groups in total. The number of hydrogen-bond donors (Lipinski definition) is 0. The van der Waals surface area contributed by atoms with Crippen LogP contribution in [0.5, 0.6) is 0 Å². The summed E-state index contributed by atoms with van der Waals surface area (Å²) in [6.45, 7) is 2.31. The van der Waals surface area contributed by atoms with Gasteiger partial charge in [-0.25, -0.2) is 0 Å².